The molecule has 8 heteroatoms. The van der Waals surface area contributed by atoms with Crippen LogP contribution in [0.2, 0.25) is 5.02 Å². The van der Waals surface area contributed by atoms with Crippen LogP contribution in [0.3, 0.4) is 0 Å². The van der Waals surface area contributed by atoms with Gasteiger partial charge >= 0.3 is 0 Å². The molecule has 2 aromatic carbocycles. The molecule has 0 spiro atoms. The average Bonchev–Trinajstić information content (AvgIpc) is 2.97. The Morgan fingerprint density at radius 1 is 1.16 bits per heavy atom. The minimum absolute atomic E-state index is 0.0217. The molecule has 0 aliphatic heterocycles. The van der Waals surface area contributed by atoms with E-state index in [1.54, 1.807) is 26.0 Å². The highest BCUT2D eigenvalue weighted by Gasteiger charge is 2.20. The number of oxazole rings is 1. The molecule has 0 radical (unpaired) electrons. The zero-order valence-electron chi connectivity index (χ0n) is 13.4. The number of hydrogen-bond acceptors (Lipinski definition) is 4. The van der Waals surface area contributed by atoms with Crippen molar-refractivity contribution in [1.82, 2.24) is 4.98 Å². The molecule has 0 unspecified atom stereocenters. The molecule has 0 saturated heterocycles. The van der Waals surface area contributed by atoms with Gasteiger partial charge in [0, 0.05) is 17.5 Å². The third kappa shape index (κ3) is 3.67. The summed E-state index contributed by atoms with van der Waals surface area (Å²) in [6, 6.07) is 8.57. The summed E-state index contributed by atoms with van der Waals surface area (Å²) in [5.41, 5.74) is 0.898. The van der Waals surface area contributed by atoms with E-state index in [9.17, 15) is 12.8 Å². The van der Waals surface area contributed by atoms with E-state index < -0.39 is 15.8 Å². The van der Waals surface area contributed by atoms with E-state index in [4.69, 9.17) is 16.0 Å². The van der Waals surface area contributed by atoms with E-state index in [0.717, 1.165) is 6.07 Å². The first-order valence-electron chi connectivity index (χ1n) is 7.27. The summed E-state index contributed by atoms with van der Waals surface area (Å²) in [5, 5.41) is 0.180. The van der Waals surface area contributed by atoms with Gasteiger partial charge in [-0.3, -0.25) is 4.72 Å². The smallest absolute Gasteiger partial charge is 0.262 e. The maximum absolute atomic E-state index is 13.9. The molecule has 0 bridgehead atoms. The molecule has 0 saturated carbocycles. The van der Waals surface area contributed by atoms with Gasteiger partial charge in [0.05, 0.1) is 16.8 Å². The number of halogens is 2. The largest absolute Gasteiger partial charge is 0.441 e. The van der Waals surface area contributed by atoms with Crippen LogP contribution in [0.5, 0.6) is 0 Å². The fourth-order valence-corrected chi connectivity index (χ4v) is 3.81. The van der Waals surface area contributed by atoms with Gasteiger partial charge in [-0.05, 0) is 36.8 Å². The van der Waals surface area contributed by atoms with Gasteiger partial charge < -0.3 is 4.42 Å². The predicted molar refractivity (Wildman–Crippen MR) is 93.6 cm³/mol. The molecular weight excluding hydrogens is 367 g/mol. The molecule has 0 atom stereocenters. The SMILES string of the molecule is Cc1ncc(-c2ccc(C)c(S(=O)(=O)Nc3ccc(Cl)cc3F)c2)o1. The zero-order valence-corrected chi connectivity index (χ0v) is 15.0. The number of aryl methyl sites for hydroxylation is 2. The molecule has 0 aliphatic rings. The lowest BCUT2D eigenvalue weighted by molar-refractivity contribution is 0.534. The number of hydrogen-bond donors (Lipinski definition) is 1. The molecular formula is C17H14ClFN2O3S. The molecule has 3 rings (SSSR count). The van der Waals surface area contributed by atoms with Crippen molar-refractivity contribution >= 4 is 27.3 Å². The van der Waals surface area contributed by atoms with Crippen molar-refractivity contribution in [3.8, 4) is 11.3 Å². The molecule has 1 aromatic heterocycles. The van der Waals surface area contributed by atoms with Crippen LogP contribution in [-0.4, -0.2) is 13.4 Å². The van der Waals surface area contributed by atoms with Crippen LogP contribution in [0, 0.1) is 19.7 Å². The summed E-state index contributed by atoms with van der Waals surface area (Å²) in [5.74, 6) is 0.170. The van der Waals surface area contributed by atoms with E-state index in [1.165, 1.54) is 24.4 Å². The minimum Gasteiger partial charge on any atom is -0.441 e. The first-order chi connectivity index (χ1) is 11.8. The number of sulfonamides is 1. The molecule has 1 heterocycles. The molecule has 130 valence electrons. The van der Waals surface area contributed by atoms with Crippen molar-refractivity contribution in [2.45, 2.75) is 18.7 Å². The predicted octanol–water partition coefficient (Wildman–Crippen LogP) is 4.55. The summed E-state index contributed by atoms with van der Waals surface area (Å²) in [6.45, 7) is 3.35. The quantitative estimate of drug-likeness (QED) is 0.720. The normalized spacial score (nSPS) is 11.5. The lowest BCUT2D eigenvalue weighted by atomic mass is 10.1. The average molecular weight is 381 g/mol. The Morgan fingerprint density at radius 2 is 1.92 bits per heavy atom. The number of rotatable bonds is 4. The van der Waals surface area contributed by atoms with E-state index in [2.05, 4.69) is 9.71 Å². The molecule has 25 heavy (non-hydrogen) atoms. The maximum Gasteiger partial charge on any atom is 0.262 e. The molecule has 0 aliphatic carbocycles. The van der Waals surface area contributed by atoms with Crippen molar-refractivity contribution in [3.05, 3.63) is 64.9 Å². The van der Waals surface area contributed by atoms with Crippen molar-refractivity contribution in [3.63, 3.8) is 0 Å². The van der Waals surface area contributed by atoms with Crippen molar-refractivity contribution in [2.24, 2.45) is 0 Å². The first-order valence-corrected chi connectivity index (χ1v) is 9.14. The van der Waals surface area contributed by atoms with Gasteiger partial charge in [0.2, 0.25) is 0 Å². The standard InChI is InChI=1S/C17H14ClFN2O3S/c1-10-3-4-12(16-9-20-11(2)24-16)7-17(10)25(22,23)21-15-6-5-13(18)8-14(15)19/h3-9,21H,1-2H3. The highest BCUT2D eigenvalue weighted by Crippen LogP contribution is 2.28. The zero-order chi connectivity index (χ0) is 18.2. The van der Waals surface area contributed by atoms with E-state index in [1.807, 2.05) is 0 Å². The first kappa shape index (κ1) is 17.4. The Morgan fingerprint density at radius 3 is 2.56 bits per heavy atom. The van der Waals surface area contributed by atoms with Gasteiger partial charge in [0.1, 0.15) is 5.82 Å². The second kappa shape index (κ2) is 6.50. The summed E-state index contributed by atoms with van der Waals surface area (Å²) in [7, 11) is -4.00. The number of nitrogens with one attached hydrogen (secondary N) is 1. The van der Waals surface area contributed by atoms with Gasteiger partial charge in [-0.1, -0.05) is 23.7 Å². The topological polar surface area (TPSA) is 72.2 Å². The summed E-state index contributed by atoms with van der Waals surface area (Å²) >= 11 is 5.69. The van der Waals surface area contributed by atoms with Crippen molar-refractivity contribution in [1.29, 1.82) is 0 Å². The van der Waals surface area contributed by atoms with E-state index in [0.29, 0.717) is 22.8 Å². The Balaban J connectivity index is 2.01. The minimum atomic E-state index is -4.00. The second-order valence-corrected chi connectivity index (χ2v) is 7.54. The van der Waals surface area contributed by atoms with E-state index in [-0.39, 0.29) is 15.6 Å². The third-order valence-corrected chi connectivity index (χ3v) is 5.30. The van der Waals surface area contributed by atoms with Gasteiger partial charge in [0.25, 0.3) is 10.0 Å². The van der Waals surface area contributed by atoms with Crippen molar-refractivity contribution < 1.29 is 17.2 Å². The second-order valence-electron chi connectivity index (χ2n) is 5.45. The molecule has 0 fully saturated rings. The molecule has 5 nitrogen and oxygen atoms in total. The van der Waals surface area contributed by atoms with Crippen LogP contribution in [0.25, 0.3) is 11.3 Å². The monoisotopic (exact) mass is 380 g/mol. The van der Waals surface area contributed by atoms with Crippen LogP contribution >= 0.6 is 11.6 Å². The molecule has 0 amide bonds. The van der Waals surface area contributed by atoms with Crippen LogP contribution in [0.4, 0.5) is 10.1 Å². The van der Waals surface area contributed by atoms with Gasteiger partial charge in [0.15, 0.2) is 11.7 Å². The number of benzene rings is 2. The Hall–Kier alpha value is -2.38. The van der Waals surface area contributed by atoms with Crippen molar-refractivity contribution in [2.75, 3.05) is 4.72 Å². The van der Waals surface area contributed by atoms with Crippen LogP contribution in [0.15, 0.2) is 51.9 Å². The maximum atomic E-state index is 13.9. The van der Waals surface area contributed by atoms with Crippen LogP contribution < -0.4 is 4.72 Å². The van der Waals surface area contributed by atoms with Gasteiger partial charge in [-0.15, -0.1) is 0 Å². The van der Waals surface area contributed by atoms with E-state index >= 15 is 0 Å². The third-order valence-electron chi connectivity index (χ3n) is 3.56. The Kier molecular flexibility index (Phi) is 4.53. The summed E-state index contributed by atoms with van der Waals surface area (Å²) < 4.78 is 47.0. The summed E-state index contributed by atoms with van der Waals surface area (Å²) in [4.78, 5) is 4.02. The lowest BCUT2D eigenvalue weighted by Gasteiger charge is -2.12. The van der Waals surface area contributed by atoms with Crippen LogP contribution in [0.1, 0.15) is 11.5 Å². The Labute approximate surface area is 149 Å². The number of nitrogens with zero attached hydrogens (tertiary/aromatic N) is 1. The van der Waals surface area contributed by atoms with Gasteiger partial charge in [-0.25, -0.2) is 17.8 Å². The summed E-state index contributed by atoms with van der Waals surface area (Å²) in [6.07, 6.45) is 1.52. The highest BCUT2D eigenvalue weighted by atomic mass is 35.5. The van der Waals surface area contributed by atoms with Gasteiger partial charge in [-0.2, -0.15) is 0 Å². The molecule has 1 N–H and O–H groups in total. The lowest BCUT2D eigenvalue weighted by Crippen LogP contribution is -2.15. The Bertz CT molecular complexity index is 1050. The fourth-order valence-electron chi connectivity index (χ4n) is 2.31. The van der Waals surface area contributed by atoms with Crippen LogP contribution in [-0.2, 0) is 10.0 Å². The number of anilines is 1. The fraction of sp³-hybridized carbons (Fsp3) is 0.118. The highest BCUT2D eigenvalue weighted by molar-refractivity contribution is 7.92. The molecule has 3 aromatic rings. The number of aromatic nitrogens is 1.